The number of nitrogens with zero attached hydrogens (tertiary/aromatic N) is 12. The summed E-state index contributed by atoms with van der Waals surface area (Å²) in [6.45, 7) is 7.83. The first-order valence-corrected chi connectivity index (χ1v) is 50.3. The molecule has 760 valence electrons. The van der Waals surface area contributed by atoms with E-state index >= 15 is 0 Å². The number of rotatable bonds is 20. The molecule has 12 N–H and O–H groups in total. The van der Waals surface area contributed by atoms with Crippen LogP contribution in [0.5, 0.6) is 5.75 Å². The zero-order chi connectivity index (χ0) is 106. The number of anilines is 1. The molecule has 14 aromatic rings. The number of carbonyl (C=O) groups is 6. The number of aromatic nitrogens is 2. The Morgan fingerprint density at radius 1 is 0.477 bits per heavy atom. The average molecular weight is 2080 g/mol. The number of pyridine rings is 2. The Morgan fingerprint density at radius 3 is 1.48 bits per heavy atom. The summed E-state index contributed by atoms with van der Waals surface area (Å²) in [5, 5.41) is 10.8. The molecule has 2 saturated carbocycles. The number of nitrogens with one attached hydrogen (secondary N) is 2. The second-order valence-corrected chi connectivity index (χ2v) is 40.4. The third-order valence-corrected chi connectivity index (χ3v) is 30.2. The number of hydrogen-bond acceptors (Lipinski definition) is 21. The van der Waals surface area contributed by atoms with Crippen LogP contribution in [0.3, 0.4) is 0 Å². The molecule has 0 saturated heterocycles. The van der Waals surface area contributed by atoms with Crippen LogP contribution in [-0.4, -0.2) is 134 Å². The van der Waals surface area contributed by atoms with E-state index in [9.17, 15) is 50.7 Å². The lowest BCUT2D eigenvalue weighted by atomic mass is 9.74. The number of ether oxygens (including phenoxy) is 1. The molecule has 5 aliphatic heterocycles. The number of carbonyl (C=O) groups excluding carboxylic acids is 6. The van der Waals surface area contributed by atoms with Gasteiger partial charge in [0.2, 0.25) is 17.7 Å². The number of amides is 7. The topological polar surface area (TPSA) is 370 Å². The smallest absolute Gasteiger partial charge is 0.406 e. The van der Waals surface area contributed by atoms with Gasteiger partial charge in [0.25, 0.3) is 11.8 Å². The van der Waals surface area contributed by atoms with Crippen molar-refractivity contribution in [3.8, 4) is 49.8 Å². The molecule has 2 fully saturated rings. The molecule has 0 bridgehead atoms. The summed E-state index contributed by atoms with van der Waals surface area (Å²) in [5.41, 5.74) is 39.8. The second-order valence-electron chi connectivity index (χ2n) is 37.7. The monoisotopic (exact) mass is 2080 g/mol. The molecule has 0 radical (unpaired) electrons. The number of thiophene rings is 2. The van der Waals surface area contributed by atoms with E-state index < -0.39 is 45.9 Å². The predicted molar refractivity (Wildman–Crippen MR) is 574 cm³/mol. The van der Waals surface area contributed by atoms with Crippen LogP contribution in [0.4, 0.5) is 32.4 Å². The minimum Gasteiger partial charge on any atom is -0.406 e. The van der Waals surface area contributed by atoms with Crippen LogP contribution in [0, 0.1) is 11.6 Å². The maximum absolute atomic E-state index is 14.4. The third-order valence-electron chi connectivity index (χ3n) is 27.6. The van der Waals surface area contributed by atoms with Crippen molar-refractivity contribution in [1.29, 1.82) is 0 Å². The summed E-state index contributed by atoms with van der Waals surface area (Å²) < 4.78 is 69.8. The van der Waals surface area contributed by atoms with E-state index in [4.69, 9.17) is 61.9 Å². The largest absolute Gasteiger partial charge is 0.573 e. The van der Waals surface area contributed by atoms with Crippen LogP contribution < -0.4 is 44.0 Å². The number of halogens is 7. The van der Waals surface area contributed by atoms with Crippen LogP contribution in [-0.2, 0) is 64.8 Å². The summed E-state index contributed by atoms with van der Waals surface area (Å²) in [6, 6.07) is 86.1. The molecule has 1 unspecified atom stereocenters. The summed E-state index contributed by atoms with van der Waals surface area (Å²) in [5.74, 6) is -0.857. The van der Waals surface area contributed by atoms with Crippen molar-refractivity contribution in [2.24, 2.45) is 53.6 Å². The first-order valence-electron chi connectivity index (χ1n) is 47.8. The molecule has 2 aliphatic carbocycles. The van der Waals surface area contributed by atoms with Gasteiger partial charge in [-0.15, -0.1) is 24.5 Å². The normalized spacial score (nSPS) is 20.3. The zero-order valence-corrected chi connectivity index (χ0v) is 85.5. The molecule has 7 amide bonds. The minimum atomic E-state index is -4.77. The standard InChI is InChI=1S/2C26H25FN4O.C25H23Cl2N5O2.C23H18F3N3O2.C14H15N3OS2/c2*1-26(19-13-14-29-22(15-19)20-5-3-4-6-21(20)27)23(24(32)31(2)25(28)30-26)18-11-9-17(10-12-18)16-7-8-16;1-25(22(33)32(2)23(28)31-25)17-7-5-6-15(12-17)19-13-18(26)11-10-16(19)14-29-24(34)30-21-9-4-3-8-20(21)27;24-23(25,26)31-19-13-11-16(12-14-19)15-29-20(30)22(28-21(29)27,17-7-3-1-4-8-17)18-9-5-2-6-10-18;1-14(7-12(18)17(2)13(15)16-14)11-4-3-10(20-11)9-5-6-19-8-9/h2*3-6,9-16,23H,7-8H2,1-2H3,(H2,28,30);3-13H,14H2,1-2H3,(H2,28,31)(H2,29,30,34);1-14H,15H2,(H2,27,28);3-6,8H,7H2,1-2H3,(H2,15,16)/t23-,26+;23-,26-;;;14-/m01..0/s1. The fraction of sp³-hybridized carbons (Fsp3) is 0.219. The molecule has 4 aromatic heterocycles. The number of aliphatic imine (C=N–C) groups is 5. The zero-order valence-electron chi connectivity index (χ0n) is 82.4. The highest BCUT2D eigenvalue weighted by Gasteiger charge is 2.53. The van der Waals surface area contributed by atoms with Crippen molar-refractivity contribution in [2.45, 2.75) is 131 Å². The van der Waals surface area contributed by atoms with E-state index in [1.54, 1.807) is 149 Å². The number of hydrogen-bond donors (Lipinski definition) is 7. The number of alkyl halides is 3. The number of likely N-dealkylation sites (N-methyl/N-ethyl adjacent to an activating group) is 3. The van der Waals surface area contributed by atoms with Crippen molar-refractivity contribution in [1.82, 2.24) is 39.8 Å². The van der Waals surface area contributed by atoms with Crippen molar-refractivity contribution in [3.05, 3.63) is 402 Å². The molecule has 9 heterocycles. The fourth-order valence-electron chi connectivity index (χ4n) is 18.8. The highest BCUT2D eigenvalue weighted by atomic mass is 35.5. The van der Waals surface area contributed by atoms with Gasteiger partial charge in [-0.3, -0.25) is 58.4 Å². The highest BCUT2D eigenvalue weighted by molar-refractivity contribution is 7.16. The van der Waals surface area contributed by atoms with E-state index in [0.717, 1.165) is 43.8 Å². The van der Waals surface area contributed by atoms with Crippen molar-refractivity contribution >= 4 is 117 Å². The first kappa shape index (κ1) is 104. The molecule has 149 heavy (non-hydrogen) atoms. The SMILES string of the molecule is CN1C(=O)C(C)(c2cccc(-c3cc(Cl)ccc3CNC(=O)Nc3ccccc3Cl)c2)N=C1N.CN1C(=O)C[C@@](C)(c2ccc(-c3ccsc3)s2)N=C1N.CN1C(=O)[C@@H](c2ccc(C3CC3)cc2)[C@@](C)(c2ccnc(-c3ccccc3F)c2)N=C1N.CN1C(=O)[C@H](c2ccc(C3CC3)cc2)[C@@](C)(c2ccnc(-c3ccccc3F)c2)N=C1N.NC1=NC(c2ccccc2)(c2ccccc2)C(=O)N1Cc1ccc(OC(F)(F)F)cc1. The summed E-state index contributed by atoms with van der Waals surface area (Å²) in [7, 11) is 6.55. The Balaban J connectivity index is 0.000000128. The van der Waals surface area contributed by atoms with Gasteiger partial charge < -0.3 is 44.0 Å². The highest BCUT2D eigenvalue weighted by Crippen LogP contribution is 2.51. The van der Waals surface area contributed by atoms with Gasteiger partial charge >= 0.3 is 12.4 Å². The fourth-order valence-corrected chi connectivity index (χ4v) is 21.0. The Hall–Kier alpha value is -16.1. The van der Waals surface area contributed by atoms with Gasteiger partial charge in [0.05, 0.1) is 46.9 Å². The van der Waals surface area contributed by atoms with Crippen LogP contribution in [0.15, 0.2) is 339 Å². The molecule has 0 spiro atoms. The molecular formula is C114H106Cl2F5N19O7S2. The van der Waals surface area contributed by atoms with Gasteiger partial charge in [-0.1, -0.05) is 205 Å². The van der Waals surface area contributed by atoms with Crippen molar-refractivity contribution in [3.63, 3.8) is 0 Å². The minimum absolute atomic E-state index is 0.00508. The lowest BCUT2D eigenvalue weighted by Gasteiger charge is -2.41. The van der Waals surface area contributed by atoms with Crippen molar-refractivity contribution < 1.29 is 55.5 Å². The summed E-state index contributed by atoms with van der Waals surface area (Å²) in [6.07, 6.45) is 3.73. The lowest BCUT2D eigenvalue weighted by molar-refractivity contribution is -0.274. The number of guanidine groups is 5. The van der Waals surface area contributed by atoms with Crippen LogP contribution in [0.25, 0.3) is 44.1 Å². The maximum atomic E-state index is 14.4. The Kier molecular flexibility index (Phi) is 30.2. The van der Waals surface area contributed by atoms with E-state index in [0.29, 0.717) is 78.8 Å². The lowest BCUT2D eigenvalue weighted by Crippen LogP contribution is -2.52. The quantitative estimate of drug-likeness (QED) is 0.0349. The van der Waals surface area contributed by atoms with E-state index in [2.05, 4.69) is 87.5 Å². The Morgan fingerprint density at radius 2 is 0.980 bits per heavy atom. The second kappa shape index (κ2) is 43.1. The van der Waals surface area contributed by atoms with E-state index in [1.165, 1.54) is 108 Å². The number of nitrogens with two attached hydrogens (primary N) is 5. The van der Waals surface area contributed by atoms with E-state index in [-0.39, 0.29) is 95.8 Å². The maximum Gasteiger partial charge on any atom is 0.573 e. The molecule has 21 rings (SSSR count). The molecule has 10 aromatic carbocycles. The van der Waals surface area contributed by atoms with E-state index in [1.807, 2.05) is 160 Å². The van der Waals surface area contributed by atoms with Crippen LogP contribution in [0.1, 0.15) is 150 Å². The summed E-state index contributed by atoms with van der Waals surface area (Å²) in [4.78, 5) is 119. The predicted octanol–water partition coefficient (Wildman–Crippen LogP) is 21.1. The Bertz CT molecular complexity index is 7340. The first-order chi connectivity index (χ1) is 71.2. The average Bonchev–Trinajstić information content (AvgIpc) is 1.61. The van der Waals surface area contributed by atoms with Crippen molar-refractivity contribution in [2.75, 3.05) is 33.5 Å². The number of benzene rings is 10. The van der Waals surface area contributed by atoms with Gasteiger partial charge in [-0.2, -0.15) is 11.3 Å². The van der Waals surface area contributed by atoms with Crippen LogP contribution in [0.2, 0.25) is 10.0 Å². The van der Waals surface area contributed by atoms with Gasteiger partial charge in [0, 0.05) is 78.6 Å². The Labute approximate surface area is 876 Å². The molecule has 26 nitrogen and oxygen atoms in total. The molecule has 7 aliphatic rings. The van der Waals surface area contributed by atoms with Gasteiger partial charge in [0.1, 0.15) is 34.0 Å². The summed E-state index contributed by atoms with van der Waals surface area (Å²) >= 11 is 15.8. The third kappa shape index (κ3) is 22.3. The number of para-hydroxylation sites is 1. The molecule has 6 atom stereocenters. The van der Waals surface area contributed by atoms with Gasteiger partial charge in [-0.25, -0.2) is 38.5 Å². The van der Waals surface area contributed by atoms with Gasteiger partial charge in [0.15, 0.2) is 40.9 Å². The van der Waals surface area contributed by atoms with Gasteiger partial charge in [-0.05, 0) is 257 Å². The molecule has 35 heteroatoms. The number of urea groups is 1. The van der Waals surface area contributed by atoms with Crippen LogP contribution >= 0.6 is 45.9 Å². The molecular weight excluding hydrogens is 1980 g/mol.